The van der Waals surface area contributed by atoms with Crippen LogP contribution in [0.4, 0.5) is 11.6 Å². The summed E-state index contributed by atoms with van der Waals surface area (Å²) in [6, 6.07) is 3.83. The van der Waals surface area contributed by atoms with Crippen molar-refractivity contribution in [2.45, 2.75) is 13.0 Å². The third-order valence-corrected chi connectivity index (χ3v) is 5.21. The second kappa shape index (κ2) is 7.06. The predicted molar refractivity (Wildman–Crippen MR) is 96.8 cm³/mol. The van der Waals surface area contributed by atoms with Gasteiger partial charge in [-0.1, -0.05) is 11.3 Å². The monoisotopic (exact) mass is 377 g/mol. The van der Waals surface area contributed by atoms with Crippen LogP contribution in [0.25, 0.3) is 4.96 Å². The Balaban J connectivity index is 1.59. The number of aromatic nitrogens is 2. The summed E-state index contributed by atoms with van der Waals surface area (Å²) in [4.78, 5) is 18.3. The fourth-order valence-electron chi connectivity index (χ4n) is 3.19. The number of ether oxygens (including phenoxy) is 1. The number of fused-ring (bicyclic) bond motifs is 1. The van der Waals surface area contributed by atoms with Gasteiger partial charge in [-0.15, -0.1) is 0 Å². The summed E-state index contributed by atoms with van der Waals surface area (Å²) >= 11 is 1.36. The average Bonchev–Trinajstić information content (AvgIpc) is 3.31. The summed E-state index contributed by atoms with van der Waals surface area (Å²) in [6.45, 7) is 5.26. The molecule has 1 aliphatic heterocycles. The van der Waals surface area contributed by atoms with Gasteiger partial charge < -0.3 is 24.6 Å². The number of thiazole rings is 1. The third kappa shape index (κ3) is 3.18. The molecule has 3 aromatic rings. The van der Waals surface area contributed by atoms with Crippen LogP contribution in [0.3, 0.4) is 0 Å². The maximum atomic E-state index is 11.5. The molecule has 1 aliphatic rings. The van der Waals surface area contributed by atoms with Crippen LogP contribution in [0.2, 0.25) is 0 Å². The number of hydrogen-bond acceptors (Lipinski definition) is 8. The van der Waals surface area contributed by atoms with E-state index in [0.29, 0.717) is 24.7 Å². The SMILES string of the molecule is Cc1ccc([C@H](CNc2nc3sccn3c2[N+](=O)[O-])N2CCOCC2)o1. The van der Waals surface area contributed by atoms with Crippen molar-refractivity contribution in [3.05, 3.63) is 45.3 Å². The molecular weight excluding hydrogens is 358 g/mol. The molecule has 26 heavy (non-hydrogen) atoms. The van der Waals surface area contributed by atoms with E-state index in [0.717, 1.165) is 24.6 Å². The number of hydrogen-bond donors (Lipinski definition) is 1. The van der Waals surface area contributed by atoms with Crippen molar-refractivity contribution in [3.63, 3.8) is 0 Å². The van der Waals surface area contributed by atoms with E-state index in [1.165, 1.54) is 15.7 Å². The largest absolute Gasteiger partial charge is 0.465 e. The molecule has 1 fully saturated rings. The Labute approximate surface area is 153 Å². The maximum Gasteiger partial charge on any atom is 0.372 e. The Morgan fingerprint density at radius 3 is 2.92 bits per heavy atom. The van der Waals surface area contributed by atoms with Crippen LogP contribution in [-0.4, -0.2) is 52.1 Å². The molecular formula is C16H19N5O4S. The van der Waals surface area contributed by atoms with Crippen molar-refractivity contribution < 1.29 is 14.1 Å². The summed E-state index contributed by atoms with van der Waals surface area (Å²) in [5.74, 6) is 1.91. The lowest BCUT2D eigenvalue weighted by molar-refractivity contribution is -0.389. The van der Waals surface area contributed by atoms with Gasteiger partial charge in [0.05, 0.1) is 19.3 Å². The first-order chi connectivity index (χ1) is 12.6. The van der Waals surface area contributed by atoms with Crippen LogP contribution >= 0.6 is 11.3 Å². The van der Waals surface area contributed by atoms with Gasteiger partial charge in [-0.2, -0.15) is 9.38 Å². The number of nitro groups is 1. The number of rotatable bonds is 6. The van der Waals surface area contributed by atoms with Crippen LogP contribution in [0.15, 0.2) is 28.1 Å². The van der Waals surface area contributed by atoms with Crippen molar-refractivity contribution in [1.82, 2.24) is 14.3 Å². The molecule has 0 unspecified atom stereocenters. The molecule has 4 heterocycles. The molecule has 10 heteroatoms. The van der Waals surface area contributed by atoms with Gasteiger partial charge in [-0.3, -0.25) is 4.90 Å². The summed E-state index contributed by atoms with van der Waals surface area (Å²) in [5, 5.41) is 16.4. The number of nitrogens with zero attached hydrogens (tertiary/aromatic N) is 4. The van der Waals surface area contributed by atoms with Crippen LogP contribution in [-0.2, 0) is 4.74 Å². The van der Waals surface area contributed by atoms with E-state index in [-0.39, 0.29) is 17.7 Å². The fourth-order valence-corrected chi connectivity index (χ4v) is 3.90. The van der Waals surface area contributed by atoms with Crippen molar-refractivity contribution in [1.29, 1.82) is 0 Å². The Morgan fingerprint density at radius 1 is 1.42 bits per heavy atom. The molecule has 0 radical (unpaired) electrons. The molecule has 4 rings (SSSR count). The second-order valence-corrected chi connectivity index (χ2v) is 6.96. The highest BCUT2D eigenvalue weighted by molar-refractivity contribution is 7.15. The van der Waals surface area contributed by atoms with Crippen molar-refractivity contribution in [2.24, 2.45) is 0 Å². The van der Waals surface area contributed by atoms with Gasteiger partial charge >= 0.3 is 5.82 Å². The molecule has 0 aliphatic carbocycles. The van der Waals surface area contributed by atoms with Crippen molar-refractivity contribution in [3.8, 4) is 0 Å². The van der Waals surface area contributed by atoms with E-state index in [4.69, 9.17) is 9.15 Å². The number of nitrogens with one attached hydrogen (secondary N) is 1. The number of morpholine rings is 1. The van der Waals surface area contributed by atoms with Crippen molar-refractivity contribution >= 4 is 27.9 Å². The summed E-state index contributed by atoms with van der Waals surface area (Å²) in [7, 11) is 0. The van der Waals surface area contributed by atoms with Gasteiger partial charge in [-0.05, 0) is 24.0 Å². The average molecular weight is 377 g/mol. The smallest absolute Gasteiger partial charge is 0.372 e. The summed E-state index contributed by atoms with van der Waals surface area (Å²) in [5.41, 5.74) is 0. The van der Waals surface area contributed by atoms with Crippen LogP contribution in [0.1, 0.15) is 17.6 Å². The molecule has 0 aromatic carbocycles. The van der Waals surface area contributed by atoms with Gasteiger partial charge in [0.25, 0.3) is 4.96 Å². The molecule has 9 nitrogen and oxygen atoms in total. The molecule has 0 saturated carbocycles. The van der Waals surface area contributed by atoms with E-state index >= 15 is 0 Å². The first kappa shape index (κ1) is 17.0. The Bertz CT molecular complexity index is 911. The van der Waals surface area contributed by atoms with Crippen molar-refractivity contribution in [2.75, 3.05) is 38.2 Å². The van der Waals surface area contributed by atoms with E-state index in [9.17, 15) is 10.1 Å². The lowest BCUT2D eigenvalue weighted by atomic mass is 10.1. The van der Waals surface area contributed by atoms with E-state index in [1.54, 1.807) is 11.6 Å². The highest BCUT2D eigenvalue weighted by Gasteiger charge is 2.28. The Morgan fingerprint density at radius 2 is 2.23 bits per heavy atom. The van der Waals surface area contributed by atoms with Gasteiger partial charge in [-0.25, -0.2) is 0 Å². The molecule has 0 amide bonds. The number of anilines is 1. The van der Waals surface area contributed by atoms with E-state index in [2.05, 4.69) is 15.2 Å². The second-order valence-electron chi connectivity index (χ2n) is 6.09. The lowest BCUT2D eigenvalue weighted by Gasteiger charge is -2.33. The zero-order valence-electron chi connectivity index (χ0n) is 14.3. The summed E-state index contributed by atoms with van der Waals surface area (Å²) in [6.07, 6.45) is 1.66. The molecule has 3 aromatic heterocycles. The molecule has 1 atom stereocenters. The fraction of sp³-hybridized carbons (Fsp3) is 0.438. The highest BCUT2D eigenvalue weighted by Crippen LogP contribution is 2.30. The van der Waals surface area contributed by atoms with Crippen LogP contribution < -0.4 is 5.32 Å². The van der Waals surface area contributed by atoms with Crippen LogP contribution in [0, 0.1) is 17.0 Å². The zero-order valence-corrected chi connectivity index (χ0v) is 15.1. The number of furan rings is 1. The van der Waals surface area contributed by atoms with Crippen LogP contribution in [0.5, 0.6) is 0 Å². The van der Waals surface area contributed by atoms with E-state index < -0.39 is 4.92 Å². The molecule has 0 bridgehead atoms. The first-order valence-electron chi connectivity index (χ1n) is 8.35. The minimum atomic E-state index is -0.407. The Hall–Kier alpha value is -2.43. The first-order valence-corrected chi connectivity index (χ1v) is 9.23. The lowest BCUT2D eigenvalue weighted by Crippen LogP contribution is -2.41. The zero-order chi connectivity index (χ0) is 18.1. The van der Waals surface area contributed by atoms with Gasteiger partial charge in [0.1, 0.15) is 17.7 Å². The Kier molecular flexibility index (Phi) is 4.62. The quantitative estimate of drug-likeness (QED) is 0.521. The van der Waals surface area contributed by atoms with Gasteiger partial charge in [0.15, 0.2) is 0 Å². The number of aryl methyl sites for hydroxylation is 1. The third-order valence-electron chi connectivity index (χ3n) is 4.45. The molecule has 138 valence electrons. The minimum absolute atomic E-state index is 0.0439. The normalized spacial score (nSPS) is 16.8. The molecule has 0 spiro atoms. The molecule has 1 saturated heterocycles. The number of imidazole rings is 1. The predicted octanol–water partition coefficient (Wildman–Crippen LogP) is 2.69. The molecule has 1 N–H and O–H groups in total. The standard InChI is InChI=1S/C16H19N5O4S/c1-11-2-3-13(25-11)12(19-4-7-24-8-5-19)10-17-14-15(21(22)23)20-6-9-26-16(20)18-14/h2-3,6,9,12,17H,4-5,7-8,10H2,1H3/t12-/m0/s1. The maximum absolute atomic E-state index is 11.5. The minimum Gasteiger partial charge on any atom is -0.465 e. The van der Waals surface area contributed by atoms with E-state index in [1.807, 2.05) is 19.1 Å². The van der Waals surface area contributed by atoms with Gasteiger partial charge in [0.2, 0.25) is 5.82 Å². The van der Waals surface area contributed by atoms with Gasteiger partial charge in [0, 0.05) is 25.0 Å². The summed E-state index contributed by atoms with van der Waals surface area (Å²) < 4.78 is 12.8. The topological polar surface area (TPSA) is 98.1 Å². The highest BCUT2D eigenvalue weighted by atomic mass is 32.1.